The number of hydrogen-bond donors (Lipinski definition) is 1. The van der Waals surface area contributed by atoms with E-state index in [1.807, 2.05) is 18.2 Å². The Bertz CT molecular complexity index is 717. The molecule has 0 radical (unpaired) electrons. The number of benzene rings is 2. The van der Waals surface area contributed by atoms with Crippen LogP contribution in [-0.2, 0) is 13.0 Å². The summed E-state index contributed by atoms with van der Waals surface area (Å²) in [4.78, 5) is 14.5. The van der Waals surface area contributed by atoms with Crippen LogP contribution < -0.4 is 5.73 Å². The van der Waals surface area contributed by atoms with Crippen molar-refractivity contribution in [3.63, 3.8) is 0 Å². The van der Waals surface area contributed by atoms with Crippen LogP contribution in [0.5, 0.6) is 0 Å². The first-order valence-electron chi connectivity index (χ1n) is 6.67. The van der Waals surface area contributed by atoms with E-state index < -0.39 is 0 Å². The van der Waals surface area contributed by atoms with Gasteiger partial charge in [0.25, 0.3) is 5.91 Å². The van der Waals surface area contributed by atoms with Gasteiger partial charge in [-0.3, -0.25) is 4.79 Å². The van der Waals surface area contributed by atoms with Crippen molar-refractivity contribution < 1.29 is 4.79 Å². The summed E-state index contributed by atoms with van der Waals surface area (Å²) in [6.45, 7) is 1.21. The lowest BCUT2D eigenvalue weighted by atomic mass is 9.97. The van der Waals surface area contributed by atoms with Gasteiger partial charge in [0.1, 0.15) is 0 Å². The van der Waals surface area contributed by atoms with E-state index in [2.05, 4.69) is 22.0 Å². The molecule has 0 aliphatic carbocycles. The van der Waals surface area contributed by atoms with Gasteiger partial charge in [-0.1, -0.05) is 39.7 Å². The van der Waals surface area contributed by atoms with Crippen LogP contribution in [-0.4, -0.2) is 17.4 Å². The van der Waals surface area contributed by atoms with E-state index in [0.717, 1.165) is 22.1 Å². The summed E-state index contributed by atoms with van der Waals surface area (Å²) in [5, 5.41) is 0.468. The summed E-state index contributed by atoms with van der Waals surface area (Å²) >= 11 is 9.53. The van der Waals surface area contributed by atoms with Gasteiger partial charge in [0, 0.05) is 23.2 Å². The Kier molecular flexibility index (Phi) is 3.91. The van der Waals surface area contributed by atoms with Crippen LogP contribution in [0.25, 0.3) is 0 Å². The molecule has 0 saturated heterocycles. The number of fused-ring (bicyclic) bond motifs is 1. The van der Waals surface area contributed by atoms with Crippen molar-refractivity contribution in [2.75, 3.05) is 12.3 Å². The van der Waals surface area contributed by atoms with Crippen LogP contribution in [0.1, 0.15) is 21.5 Å². The molecule has 2 aromatic rings. The third kappa shape index (κ3) is 2.78. The van der Waals surface area contributed by atoms with Gasteiger partial charge in [0.05, 0.1) is 10.6 Å². The van der Waals surface area contributed by atoms with Crippen molar-refractivity contribution in [3.8, 4) is 0 Å². The predicted octanol–water partition coefficient (Wildman–Crippen LogP) is 3.88. The van der Waals surface area contributed by atoms with E-state index >= 15 is 0 Å². The molecule has 2 N–H and O–H groups in total. The van der Waals surface area contributed by atoms with Crippen molar-refractivity contribution in [3.05, 3.63) is 62.6 Å². The topological polar surface area (TPSA) is 46.3 Å². The fourth-order valence-electron chi connectivity index (χ4n) is 2.61. The number of carbonyl (C=O) groups is 1. The molecule has 5 heteroatoms. The van der Waals surface area contributed by atoms with Gasteiger partial charge in [0.2, 0.25) is 0 Å². The maximum absolute atomic E-state index is 12.7. The fraction of sp³-hybridized carbons (Fsp3) is 0.188. The lowest BCUT2D eigenvalue weighted by Gasteiger charge is -2.30. The highest BCUT2D eigenvalue weighted by Gasteiger charge is 2.24. The van der Waals surface area contributed by atoms with Gasteiger partial charge in [-0.05, 0) is 41.8 Å². The SMILES string of the molecule is Nc1cccc2c1CN(C(=O)c1cc(Br)ccc1Cl)CC2. The minimum absolute atomic E-state index is 0.0600. The summed E-state index contributed by atoms with van der Waals surface area (Å²) in [6.07, 6.45) is 0.817. The Morgan fingerprint density at radius 2 is 2.10 bits per heavy atom. The maximum atomic E-state index is 12.7. The van der Waals surface area contributed by atoms with Crippen LogP contribution in [0.2, 0.25) is 5.02 Å². The van der Waals surface area contributed by atoms with E-state index in [9.17, 15) is 4.79 Å². The van der Waals surface area contributed by atoms with Crippen molar-refractivity contribution >= 4 is 39.1 Å². The molecule has 3 rings (SSSR count). The van der Waals surface area contributed by atoms with Gasteiger partial charge in [-0.2, -0.15) is 0 Å². The Morgan fingerprint density at radius 3 is 2.90 bits per heavy atom. The molecule has 1 amide bonds. The first-order valence-corrected chi connectivity index (χ1v) is 7.84. The number of nitrogens with zero attached hydrogens (tertiary/aromatic N) is 1. The smallest absolute Gasteiger partial charge is 0.255 e. The predicted molar refractivity (Wildman–Crippen MR) is 88.5 cm³/mol. The second-order valence-electron chi connectivity index (χ2n) is 5.09. The largest absolute Gasteiger partial charge is 0.398 e. The average molecular weight is 366 g/mol. The number of carbonyl (C=O) groups excluding carboxylic acids is 1. The zero-order valence-corrected chi connectivity index (χ0v) is 13.6. The fourth-order valence-corrected chi connectivity index (χ4v) is 3.17. The van der Waals surface area contributed by atoms with Crippen LogP contribution in [0.4, 0.5) is 5.69 Å². The van der Waals surface area contributed by atoms with Gasteiger partial charge < -0.3 is 10.6 Å². The monoisotopic (exact) mass is 364 g/mol. The van der Waals surface area contributed by atoms with Gasteiger partial charge in [-0.15, -0.1) is 0 Å². The molecule has 0 atom stereocenters. The summed E-state index contributed by atoms with van der Waals surface area (Å²) in [6, 6.07) is 11.2. The van der Waals surface area contributed by atoms with Gasteiger partial charge in [0.15, 0.2) is 0 Å². The third-order valence-corrected chi connectivity index (χ3v) is 4.58. The number of hydrogen-bond acceptors (Lipinski definition) is 2. The Morgan fingerprint density at radius 1 is 1.29 bits per heavy atom. The van der Waals surface area contributed by atoms with Crippen LogP contribution in [0.15, 0.2) is 40.9 Å². The molecule has 3 nitrogen and oxygen atoms in total. The molecule has 0 spiro atoms. The minimum Gasteiger partial charge on any atom is -0.398 e. The second-order valence-corrected chi connectivity index (χ2v) is 6.41. The van der Waals surface area contributed by atoms with E-state index in [4.69, 9.17) is 17.3 Å². The molecule has 0 unspecified atom stereocenters. The molecule has 1 heterocycles. The van der Waals surface area contributed by atoms with Crippen molar-refractivity contribution in [2.24, 2.45) is 0 Å². The quantitative estimate of drug-likeness (QED) is 0.780. The lowest BCUT2D eigenvalue weighted by molar-refractivity contribution is 0.0735. The van der Waals surface area contributed by atoms with Crippen molar-refractivity contribution in [2.45, 2.75) is 13.0 Å². The molecule has 1 aliphatic rings. The molecular weight excluding hydrogens is 352 g/mol. The van der Waals surface area contributed by atoms with E-state index in [-0.39, 0.29) is 5.91 Å². The normalized spacial score (nSPS) is 13.9. The molecule has 2 aromatic carbocycles. The molecule has 1 aliphatic heterocycles. The average Bonchev–Trinajstić information content (AvgIpc) is 2.49. The number of nitrogens with two attached hydrogens (primary N) is 1. The van der Waals surface area contributed by atoms with Crippen molar-refractivity contribution in [1.82, 2.24) is 4.90 Å². The molecule has 0 aromatic heterocycles. The highest BCUT2D eigenvalue weighted by atomic mass is 79.9. The van der Waals surface area contributed by atoms with Crippen LogP contribution in [0, 0.1) is 0 Å². The first kappa shape index (κ1) is 14.4. The maximum Gasteiger partial charge on any atom is 0.255 e. The van der Waals surface area contributed by atoms with Gasteiger partial charge >= 0.3 is 0 Å². The van der Waals surface area contributed by atoms with Crippen molar-refractivity contribution in [1.29, 1.82) is 0 Å². The number of anilines is 1. The highest BCUT2D eigenvalue weighted by molar-refractivity contribution is 9.10. The Labute approximate surface area is 136 Å². The molecule has 0 bridgehead atoms. The van der Waals surface area contributed by atoms with E-state index in [1.165, 1.54) is 5.56 Å². The molecule has 0 saturated carbocycles. The number of amides is 1. The first-order chi connectivity index (χ1) is 10.1. The molecule has 0 fully saturated rings. The Balaban J connectivity index is 1.91. The Hall–Kier alpha value is -1.52. The summed E-state index contributed by atoms with van der Waals surface area (Å²) < 4.78 is 0.840. The zero-order valence-electron chi connectivity index (χ0n) is 11.3. The van der Waals surface area contributed by atoms with Gasteiger partial charge in [-0.25, -0.2) is 0 Å². The summed E-state index contributed by atoms with van der Waals surface area (Å²) in [5.41, 5.74) is 9.55. The number of rotatable bonds is 1. The summed E-state index contributed by atoms with van der Waals surface area (Å²) in [7, 11) is 0. The zero-order chi connectivity index (χ0) is 15.0. The highest BCUT2D eigenvalue weighted by Crippen LogP contribution is 2.28. The lowest BCUT2D eigenvalue weighted by Crippen LogP contribution is -2.36. The van der Waals surface area contributed by atoms with Crippen LogP contribution >= 0.6 is 27.5 Å². The van der Waals surface area contributed by atoms with E-state index in [1.54, 1.807) is 17.0 Å². The number of halogens is 2. The van der Waals surface area contributed by atoms with E-state index in [0.29, 0.717) is 23.7 Å². The minimum atomic E-state index is -0.0600. The second kappa shape index (κ2) is 5.70. The standard InChI is InChI=1S/C16H14BrClN2O/c17-11-4-5-14(18)12(8-11)16(21)20-7-6-10-2-1-3-15(19)13(10)9-20/h1-5,8H,6-7,9,19H2. The molecule has 108 valence electrons. The van der Waals surface area contributed by atoms with Crippen LogP contribution in [0.3, 0.4) is 0 Å². The molecular formula is C16H14BrClN2O. The summed E-state index contributed by atoms with van der Waals surface area (Å²) in [5.74, 6) is -0.0600. The third-order valence-electron chi connectivity index (χ3n) is 3.76. The number of nitrogen functional groups attached to an aromatic ring is 1. The molecule has 21 heavy (non-hydrogen) atoms.